The van der Waals surface area contributed by atoms with Gasteiger partial charge in [0.05, 0.1) is 6.42 Å². The summed E-state index contributed by atoms with van der Waals surface area (Å²) in [4.78, 5) is 14.0. The minimum Gasteiger partial charge on any atom is -0.409 e. The van der Waals surface area contributed by atoms with Crippen molar-refractivity contribution in [2.24, 2.45) is 16.3 Å². The molecule has 0 radical (unpaired) electrons. The van der Waals surface area contributed by atoms with Gasteiger partial charge < -0.3 is 15.8 Å². The van der Waals surface area contributed by atoms with Crippen molar-refractivity contribution in [2.75, 3.05) is 13.1 Å². The SMILES string of the molecule is CC1(/C(N)=N/O)CCN(C(=O)Cc2ccc(F)cc2)CC1. The molecule has 1 heterocycles. The van der Waals surface area contributed by atoms with Gasteiger partial charge in [-0.25, -0.2) is 4.39 Å². The van der Waals surface area contributed by atoms with Crippen molar-refractivity contribution in [1.29, 1.82) is 0 Å². The number of nitrogens with zero attached hydrogens (tertiary/aromatic N) is 2. The smallest absolute Gasteiger partial charge is 0.226 e. The number of hydrogen-bond donors (Lipinski definition) is 2. The second-order valence-corrected chi connectivity index (χ2v) is 5.73. The van der Waals surface area contributed by atoms with E-state index in [-0.39, 0.29) is 29.4 Å². The predicted molar refractivity (Wildman–Crippen MR) is 77.4 cm³/mol. The van der Waals surface area contributed by atoms with Crippen molar-refractivity contribution in [3.8, 4) is 0 Å². The quantitative estimate of drug-likeness (QED) is 0.385. The molecule has 0 spiro atoms. The van der Waals surface area contributed by atoms with Crippen molar-refractivity contribution in [3.05, 3.63) is 35.6 Å². The maximum atomic E-state index is 12.8. The number of oxime groups is 1. The molecule has 114 valence electrons. The lowest BCUT2D eigenvalue weighted by molar-refractivity contribution is -0.132. The van der Waals surface area contributed by atoms with Gasteiger partial charge in [-0.05, 0) is 30.5 Å². The van der Waals surface area contributed by atoms with Crippen LogP contribution < -0.4 is 5.73 Å². The Morgan fingerprint density at radius 2 is 1.95 bits per heavy atom. The van der Waals surface area contributed by atoms with Crippen LogP contribution in [0.15, 0.2) is 29.4 Å². The van der Waals surface area contributed by atoms with Crippen LogP contribution in [0.25, 0.3) is 0 Å². The highest BCUT2D eigenvalue weighted by Crippen LogP contribution is 2.31. The number of carbonyl (C=O) groups is 1. The first-order chi connectivity index (χ1) is 9.94. The number of nitrogens with two attached hydrogens (primary N) is 1. The van der Waals surface area contributed by atoms with E-state index in [0.29, 0.717) is 25.9 Å². The Morgan fingerprint density at radius 1 is 1.38 bits per heavy atom. The number of amidine groups is 1. The van der Waals surface area contributed by atoms with Crippen molar-refractivity contribution < 1.29 is 14.4 Å². The van der Waals surface area contributed by atoms with Crippen molar-refractivity contribution in [2.45, 2.75) is 26.2 Å². The summed E-state index contributed by atoms with van der Waals surface area (Å²) in [6.45, 7) is 3.09. The summed E-state index contributed by atoms with van der Waals surface area (Å²) in [6.07, 6.45) is 1.59. The van der Waals surface area contributed by atoms with Crippen LogP contribution in [0.3, 0.4) is 0 Å². The van der Waals surface area contributed by atoms with E-state index in [9.17, 15) is 9.18 Å². The molecule has 0 bridgehead atoms. The first kappa shape index (κ1) is 15.3. The monoisotopic (exact) mass is 293 g/mol. The third kappa shape index (κ3) is 3.51. The lowest BCUT2D eigenvalue weighted by atomic mass is 9.79. The van der Waals surface area contributed by atoms with Crippen LogP contribution in [0.2, 0.25) is 0 Å². The van der Waals surface area contributed by atoms with Crippen LogP contribution in [-0.2, 0) is 11.2 Å². The normalized spacial score (nSPS) is 18.6. The molecule has 3 N–H and O–H groups in total. The van der Waals surface area contributed by atoms with Crippen LogP contribution >= 0.6 is 0 Å². The van der Waals surface area contributed by atoms with Crippen molar-refractivity contribution >= 4 is 11.7 Å². The fourth-order valence-electron chi connectivity index (χ4n) is 2.52. The summed E-state index contributed by atoms with van der Waals surface area (Å²) < 4.78 is 12.8. The Hall–Kier alpha value is -2.11. The van der Waals surface area contributed by atoms with Gasteiger partial charge in [-0.1, -0.05) is 24.2 Å². The van der Waals surface area contributed by atoms with E-state index in [1.54, 1.807) is 17.0 Å². The van der Waals surface area contributed by atoms with Crippen LogP contribution in [0.4, 0.5) is 4.39 Å². The average Bonchev–Trinajstić information content (AvgIpc) is 2.49. The molecule has 6 heteroatoms. The molecule has 1 aliphatic heterocycles. The predicted octanol–water partition coefficient (Wildman–Crippen LogP) is 1.74. The third-order valence-electron chi connectivity index (χ3n) is 4.21. The van der Waals surface area contributed by atoms with Crippen LogP contribution in [0, 0.1) is 11.2 Å². The molecular weight excluding hydrogens is 273 g/mol. The number of carbonyl (C=O) groups excluding carboxylic acids is 1. The fraction of sp³-hybridized carbons (Fsp3) is 0.467. The fourth-order valence-corrected chi connectivity index (χ4v) is 2.52. The molecule has 5 nitrogen and oxygen atoms in total. The highest BCUT2D eigenvalue weighted by Gasteiger charge is 2.35. The number of benzene rings is 1. The molecule has 1 aromatic rings. The van der Waals surface area contributed by atoms with E-state index < -0.39 is 0 Å². The number of amides is 1. The van der Waals surface area contributed by atoms with Gasteiger partial charge in [0, 0.05) is 18.5 Å². The van der Waals surface area contributed by atoms with Crippen LogP contribution in [-0.4, -0.2) is 34.9 Å². The minimum atomic E-state index is -0.360. The largest absolute Gasteiger partial charge is 0.409 e. The maximum absolute atomic E-state index is 12.8. The second-order valence-electron chi connectivity index (χ2n) is 5.73. The summed E-state index contributed by atoms with van der Waals surface area (Å²) in [6, 6.07) is 5.96. The molecule has 0 atom stereocenters. The van der Waals surface area contributed by atoms with Gasteiger partial charge in [0.15, 0.2) is 0 Å². The summed E-state index contributed by atoms with van der Waals surface area (Å²) in [7, 11) is 0. The summed E-state index contributed by atoms with van der Waals surface area (Å²) in [5, 5.41) is 11.9. The van der Waals surface area contributed by atoms with E-state index in [4.69, 9.17) is 10.9 Å². The molecule has 0 saturated carbocycles. The summed E-state index contributed by atoms with van der Waals surface area (Å²) in [5.74, 6) is -0.0741. The van der Waals surface area contributed by atoms with Gasteiger partial charge in [0.2, 0.25) is 5.91 Å². The summed E-state index contributed by atoms with van der Waals surface area (Å²) >= 11 is 0. The number of halogens is 1. The lowest BCUT2D eigenvalue weighted by Crippen LogP contribution is -2.47. The van der Waals surface area contributed by atoms with Crippen LogP contribution in [0.1, 0.15) is 25.3 Å². The van der Waals surface area contributed by atoms with E-state index >= 15 is 0 Å². The Kier molecular flexibility index (Phi) is 4.45. The highest BCUT2D eigenvalue weighted by molar-refractivity contribution is 5.86. The van der Waals surface area contributed by atoms with Gasteiger partial charge in [-0.3, -0.25) is 4.79 Å². The number of piperidine rings is 1. The molecule has 2 rings (SSSR count). The van der Waals surface area contributed by atoms with Crippen LogP contribution in [0.5, 0.6) is 0 Å². The number of rotatable bonds is 3. The number of likely N-dealkylation sites (tertiary alicyclic amines) is 1. The Labute approximate surface area is 123 Å². The molecule has 1 amide bonds. The first-order valence-corrected chi connectivity index (χ1v) is 6.95. The first-order valence-electron chi connectivity index (χ1n) is 6.95. The minimum absolute atomic E-state index is 0.0168. The highest BCUT2D eigenvalue weighted by atomic mass is 19.1. The Bertz CT molecular complexity index is 534. The van der Waals surface area contributed by atoms with Gasteiger partial charge in [-0.15, -0.1) is 0 Å². The molecule has 1 aliphatic rings. The molecule has 1 saturated heterocycles. The molecule has 21 heavy (non-hydrogen) atoms. The standard InChI is InChI=1S/C15H20FN3O2/c1-15(14(17)18-21)6-8-19(9-7-15)13(20)10-11-2-4-12(16)5-3-11/h2-5,21H,6-10H2,1H3,(H2,17,18). The van der Waals surface area contributed by atoms with Gasteiger partial charge in [-0.2, -0.15) is 0 Å². The zero-order chi connectivity index (χ0) is 15.5. The Morgan fingerprint density at radius 3 is 2.48 bits per heavy atom. The average molecular weight is 293 g/mol. The van der Waals surface area contributed by atoms with Gasteiger partial charge >= 0.3 is 0 Å². The topological polar surface area (TPSA) is 78.9 Å². The molecule has 0 aromatic heterocycles. The van der Waals surface area contributed by atoms with Crippen molar-refractivity contribution in [3.63, 3.8) is 0 Å². The van der Waals surface area contributed by atoms with E-state index in [0.717, 1.165) is 5.56 Å². The molecule has 1 fully saturated rings. The van der Waals surface area contributed by atoms with Gasteiger partial charge in [0.25, 0.3) is 0 Å². The van der Waals surface area contributed by atoms with Crippen molar-refractivity contribution in [1.82, 2.24) is 4.90 Å². The number of hydrogen-bond acceptors (Lipinski definition) is 3. The maximum Gasteiger partial charge on any atom is 0.226 e. The third-order valence-corrected chi connectivity index (χ3v) is 4.21. The van der Waals surface area contributed by atoms with Gasteiger partial charge in [0.1, 0.15) is 11.7 Å². The zero-order valence-electron chi connectivity index (χ0n) is 12.1. The summed E-state index contributed by atoms with van der Waals surface area (Å²) in [5.41, 5.74) is 6.14. The second kappa shape index (κ2) is 6.11. The van der Waals surface area contributed by atoms with E-state index in [2.05, 4.69) is 5.16 Å². The Balaban J connectivity index is 1.93. The lowest BCUT2D eigenvalue weighted by Gasteiger charge is -2.38. The molecule has 1 aromatic carbocycles. The molecular formula is C15H20FN3O2. The molecule has 0 unspecified atom stereocenters. The van der Waals surface area contributed by atoms with E-state index in [1.807, 2.05) is 6.92 Å². The molecule has 0 aliphatic carbocycles. The van der Waals surface area contributed by atoms with E-state index in [1.165, 1.54) is 12.1 Å². The zero-order valence-corrected chi connectivity index (χ0v) is 12.1.